The average molecular weight is 452 g/mol. The second kappa shape index (κ2) is 9.31. The predicted octanol–water partition coefficient (Wildman–Crippen LogP) is 3.41. The molecule has 0 radical (unpaired) electrons. The van der Waals surface area contributed by atoms with Gasteiger partial charge in [0.2, 0.25) is 0 Å². The molecule has 0 aliphatic carbocycles. The van der Waals surface area contributed by atoms with Crippen molar-refractivity contribution in [2.75, 3.05) is 7.05 Å². The fourth-order valence-electron chi connectivity index (χ4n) is 3.29. The van der Waals surface area contributed by atoms with Gasteiger partial charge in [-0.15, -0.1) is 0 Å². The van der Waals surface area contributed by atoms with Gasteiger partial charge in [-0.25, -0.2) is 19.3 Å². The predicted molar refractivity (Wildman–Crippen MR) is 119 cm³/mol. The third-order valence-electron chi connectivity index (χ3n) is 4.85. The van der Waals surface area contributed by atoms with E-state index in [0.717, 1.165) is 11.3 Å². The van der Waals surface area contributed by atoms with E-state index in [1.807, 2.05) is 20.2 Å². The molecule has 0 aliphatic rings. The van der Waals surface area contributed by atoms with E-state index in [4.69, 9.17) is 0 Å². The molecule has 0 saturated heterocycles. The van der Waals surface area contributed by atoms with Crippen molar-refractivity contribution in [3.8, 4) is 5.69 Å². The molecule has 164 valence electrons. The molecular formula is C22H22FN7OS. The molecule has 3 aromatic heterocycles. The summed E-state index contributed by atoms with van der Waals surface area (Å²) in [6.07, 6.45) is 6.81. The lowest BCUT2D eigenvalue weighted by atomic mass is 10.2. The van der Waals surface area contributed by atoms with Crippen molar-refractivity contribution >= 4 is 17.7 Å². The number of imidazole rings is 1. The Morgan fingerprint density at radius 3 is 2.53 bits per heavy atom. The van der Waals surface area contributed by atoms with Crippen molar-refractivity contribution in [2.45, 2.75) is 24.4 Å². The number of carbonyl (C=O) groups is 1. The minimum absolute atomic E-state index is 0.201. The second-order valence-corrected chi connectivity index (χ2v) is 8.21. The molecule has 0 atom stereocenters. The van der Waals surface area contributed by atoms with Crippen LogP contribution in [0.3, 0.4) is 0 Å². The van der Waals surface area contributed by atoms with Gasteiger partial charge in [-0.3, -0.25) is 14.0 Å². The van der Waals surface area contributed by atoms with Crippen LogP contribution in [0.15, 0.2) is 60.3 Å². The maximum atomic E-state index is 13.5. The number of rotatable bonds is 7. The lowest BCUT2D eigenvalue weighted by Crippen LogP contribution is -2.28. The van der Waals surface area contributed by atoms with E-state index in [1.165, 1.54) is 23.9 Å². The molecule has 10 heteroatoms. The monoisotopic (exact) mass is 451 g/mol. The Bertz CT molecular complexity index is 1220. The minimum Gasteiger partial charge on any atom is -0.336 e. The molecule has 0 aliphatic heterocycles. The Hall–Kier alpha value is -3.53. The first-order valence-corrected chi connectivity index (χ1v) is 10.9. The number of hydrogen-bond donors (Lipinski definition) is 0. The van der Waals surface area contributed by atoms with E-state index in [-0.39, 0.29) is 11.7 Å². The fraction of sp³-hybridized carbons (Fsp3) is 0.227. The molecule has 0 spiro atoms. The number of nitrogens with zero attached hydrogens (tertiary/aromatic N) is 7. The molecule has 0 saturated carbocycles. The van der Waals surface area contributed by atoms with Crippen LogP contribution in [0.1, 0.15) is 27.6 Å². The lowest BCUT2D eigenvalue weighted by molar-refractivity contribution is 0.0776. The van der Waals surface area contributed by atoms with Crippen LogP contribution in [0, 0.1) is 12.7 Å². The summed E-state index contributed by atoms with van der Waals surface area (Å²) in [4.78, 5) is 27.9. The van der Waals surface area contributed by atoms with Crippen LogP contribution in [-0.4, -0.2) is 47.2 Å². The van der Waals surface area contributed by atoms with Crippen molar-refractivity contribution in [1.29, 1.82) is 0 Å². The summed E-state index contributed by atoms with van der Waals surface area (Å²) in [5.41, 5.74) is 2.87. The Balaban J connectivity index is 1.64. The van der Waals surface area contributed by atoms with E-state index in [0.29, 0.717) is 34.7 Å². The van der Waals surface area contributed by atoms with Gasteiger partial charge in [0.05, 0.1) is 17.6 Å². The summed E-state index contributed by atoms with van der Waals surface area (Å²) in [5.74, 6) is 0.589. The largest absolute Gasteiger partial charge is 0.336 e. The summed E-state index contributed by atoms with van der Waals surface area (Å²) < 4.78 is 17.0. The zero-order chi connectivity index (χ0) is 22.7. The summed E-state index contributed by atoms with van der Waals surface area (Å²) in [7, 11) is 3.59. The number of amides is 1. The Labute approximate surface area is 189 Å². The molecule has 0 unspecified atom stereocenters. The summed E-state index contributed by atoms with van der Waals surface area (Å²) in [6, 6.07) is 7.73. The average Bonchev–Trinajstić information content (AvgIpc) is 3.35. The van der Waals surface area contributed by atoms with Gasteiger partial charge < -0.3 is 4.90 Å². The molecule has 0 N–H and O–H groups in total. The smallest absolute Gasteiger partial charge is 0.272 e. The Morgan fingerprint density at radius 2 is 1.88 bits per heavy atom. The zero-order valence-corrected chi connectivity index (χ0v) is 18.8. The molecule has 1 amide bonds. The number of halogens is 1. The maximum Gasteiger partial charge on any atom is 0.272 e. The van der Waals surface area contributed by atoms with Gasteiger partial charge in [0.1, 0.15) is 17.3 Å². The van der Waals surface area contributed by atoms with E-state index < -0.39 is 0 Å². The topological polar surface area (TPSA) is 81.7 Å². The highest BCUT2D eigenvalue weighted by molar-refractivity contribution is 7.98. The van der Waals surface area contributed by atoms with Crippen molar-refractivity contribution in [2.24, 2.45) is 7.05 Å². The second-order valence-electron chi connectivity index (χ2n) is 7.27. The maximum absolute atomic E-state index is 13.5. The molecule has 0 bridgehead atoms. The standard InChI is InChI=1S/C22H22FN7OS/c1-15-16(13-29(3)27-15)12-28(2)21(31)19-11-26-22(32-14-20-24-9-4-10-25-20)30(19)18-7-5-17(23)6-8-18/h4-11,13H,12,14H2,1-3H3. The summed E-state index contributed by atoms with van der Waals surface area (Å²) in [5, 5.41) is 4.93. The number of aromatic nitrogens is 6. The highest BCUT2D eigenvalue weighted by atomic mass is 32.2. The van der Waals surface area contributed by atoms with E-state index in [1.54, 1.807) is 58.0 Å². The SMILES string of the molecule is Cc1nn(C)cc1CN(C)C(=O)c1cnc(SCc2ncccn2)n1-c1ccc(F)cc1. The molecule has 0 fully saturated rings. The molecular weight excluding hydrogens is 429 g/mol. The van der Waals surface area contributed by atoms with Crippen molar-refractivity contribution in [3.05, 3.63) is 83.7 Å². The van der Waals surface area contributed by atoms with E-state index >= 15 is 0 Å². The molecule has 4 aromatic rings. The molecule has 3 heterocycles. The van der Waals surface area contributed by atoms with E-state index in [9.17, 15) is 9.18 Å². The molecule has 8 nitrogen and oxygen atoms in total. The van der Waals surface area contributed by atoms with Crippen LogP contribution in [0.2, 0.25) is 0 Å². The quantitative estimate of drug-likeness (QED) is 0.401. The van der Waals surface area contributed by atoms with Crippen LogP contribution >= 0.6 is 11.8 Å². The van der Waals surface area contributed by atoms with Crippen LogP contribution < -0.4 is 0 Å². The summed E-state index contributed by atoms with van der Waals surface area (Å²) >= 11 is 1.41. The fourth-order valence-corrected chi connectivity index (χ4v) is 4.15. The van der Waals surface area contributed by atoms with Gasteiger partial charge in [-0.1, -0.05) is 11.8 Å². The van der Waals surface area contributed by atoms with Gasteiger partial charge in [-0.05, 0) is 37.3 Å². The number of aryl methyl sites for hydroxylation is 2. The van der Waals surface area contributed by atoms with Crippen LogP contribution in [0.4, 0.5) is 4.39 Å². The van der Waals surface area contributed by atoms with Crippen LogP contribution in [0.5, 0.6) is 0 Å². The van der Waals surface area contributed by atoms with Crippen molar-refractivity contribution < 1.29 is 9.18 Å². The van der Waals surface area contributed by atoms with Crippen LogP contribution in [0.25, 0.3) is 5.69 Å². The van der Waals surface area contributed by atoms with Gasteiger partial charge in [-0.2, -0.15) is 5.10 Å². The molecule has 1 aromatic carbocycles. The first-order chi connectivity index (χ1) is 15.4. The minimum atomic E-state index is -0.349. The van der Waals surface area contributed by atoms with E-state index in [2.05, 4.69) is 20.1 Å². The normalized spacial score (nSPS) is 11.0. The number of hydrogen-bond acceptors (Lipinski definition) is 6. The highest BCUT2D eigenvalue weighted by Gasteiger charge is 2.22. The van der Waals surface area contributed by atoms with Gasteiger partial charge in [0, 0.05) is 50.5 Å². The third kappa shape index (κ3) is 4.70. The summed E-state index contributed by atoms with van der Waals surface area (Å²) in [6.45, 7) is 2.32. The van der Waals surface area contributed by atoms with Gasteiger partial charge in [0.25, 0.3) is 5.91 Å². The Morgan fingerprint density at radius 1 is 1.16 bits per heavy atom. The molecule has 32 heavy (non-hydrogen) atoms. The van der Waals surface area contributed by atoms with Crippen LogP contribution in [-0.2, 0) is 19.3 Å². The highest BCUT2D eigenvalue weighted by Crippen LogP contribution is 2.26. The molecule has 4 rings (SSSR count). The van der Waals surface area contributed by atoms with Crippen molar-refractivity contribution in [1.82, 2.24) is 34.2 Å². The zero-order valence-electron chi connectivity index (χ0n) is 17.9. The first-order valence-electron chi connectivity index (χ1n) is 9.89. The number of carbonyl (C=O) groups excluding carboxylic acids is 1. The number of thioether (sulfide) groups is 1. The third-order valence-corrected chi connectivity index (χ3v) is 5.80. The first kappa shape index (κ1) is 21.7. The Kier molecular flexibility index (Phi) is 6.31. The number of benzene rings is 1. The van der Waals surface area contributed by atoms with Crippen molar-refractivity contribution in [3.63, 3.8) is 0 Å². The van der Waals surface area contributed by atoms with Gasteiger partial charge >= 0.3 is 0 Å². The van der Waals surface area contributed by atoms with Gasteiger partial charge in [0.15, 0.2) is 5.16 Å². The lowest BCUT2D eigenvalue weighted by Gasteiger charge is -2.18.